The molecule has 0 fully saturated rings. The second-order valence-electron chi connectivity index (χ2n) is 5.68. The summed E-state index contributed by atoms with van der Waals surface area (Å²) in [4.78, 5) is 16.8. The number of carbonyl (C=O) groups is 1. The van der Waals surface area contributed by atoms with Gasteiger partial charge in [-0.2, -0.15) is 5.26 Å². The number of benzene rings is 1. The van der Waals surface area contributed by atoms with Gasteiger partial charge in [-0.05, 0) is 38.0 Å². The van der Waals surface area contributed by atoms with Crippen LogP contribution in [0.2, 0.25) is 0 Å². The Bertz CT molecular complexity index is 781. The van der Waals surface area contributed by atoms with E-state index in [1.54, 1.807) is 26.0 Å². The lowest BCUT2D eigenvalue weighted by Gasteiger charge is -2.10. The van der Waals surface area contributed by atoms with E-state index in [9.17, 15) is 10.1 Å². The molecular formula is C18H21ClN2O3S. The molecule has 0 atom stereocenters. The Labute approximate surface area is 158 Å². The van der Waals surface area contributed by atoms with Crippen molar-refractivity contribution in [2.45, 2.75) is 27.7 Å². The first kappa shape index (κ1) is 20.9. The van der Waals surface area contributed by atoms with Crippen LogP contribution in [0, 0.1) is 24.2 Å². The first-order chi connectivity index (χ1) is 11.5. The number of esters is 1. The van der Waals surface area contributed by atoms with Crippen LogP contribution in [0.3, 0.4) is 0 Å². The van der Waals surface area contributed by atoms with Gasteiger partial charge in [0.05, 0.1) is 24.5 Å². The third-order valence-corrected chi connectivity index (χ3v) is 4.36. The predicted molar refractivity (Wildman–Crippen MR) is 101 cm³/mol. The fraction of sp³-hybridized carbons (Fsp3) is 0.389. The molecule has 0 saturated heterocycles. The number of nitriles is 1. The van der Waals surface area contributed by atoms with Crippen molar-refractivity contribution in [2.75, 3.05) is 13.2 Å². The van der Waals surface area contributed by atoms with E-state index in [1.807, 2.05) is 6.07 Å². The van der Waals surface area contributed by atoms with Gasteiger partial charge in [-0.15, -0.1) is 23.7 Å². The highest BCUT2D eigenvalue weighted by atomic mass is 35.5. The Morgan fingerprint density at radius 1 is 1.40 bits per heavy atom. The lowest BCUT2D eigenvalue weighted by Crippen LogP contribution is -2.05. The summed E-state index contributed by atoms with van der Waals surface area (Å²) < 4.78 is 10.7. The summed E-state index contributed by atoms with van der Waals surface area (Å²) in [5.74, 6) is 0.579. The van der Waals surface area contributed by atoms with Gasteiger partial charge in [-0.25, -0.2) is 9.78 Å². The molecule has 0 spiro atoms. The van der Waals surface area contributed by atoms with Crippen molar-refractivity contribution in [3.8, 4) is 22.4 Å². The van der Waals surface area contributed by atoms with Gasteiger partial charge in [0, 0.05) is 5.56 Å². The maximum Gasteiger partial charge on any atom is 0.350 e. The molecule has 2 aromatic rings. The zero-order valence-corrected chi connectivity index (χ0v) is 16.3. The van der Waals surface area contributed by atoms with Crippen molar-refractivity contribution < 1.29 is 14.3 Å². The lowest BCUT2D eigenvalue weighted by atomic mass is 10.1. The number of halogens is 1. The number of aromatic nitrogens is 1. The molecule has 0 unspecified atom stereocenters. The topological polar surface area (TPSA) is 72.2 Å². The molecule has 1 aromatic carbocycles. The Morgan fingerprint density at radius 2 is 2.12 bits per heavy atom. The van der Waals surface area contributed by atoms with Crippen LogP contribution in [-0.4, -0.2) is 24.2 Å². The number of hydrogen-bond donors (Lipinski definition) is 0. The summed E-state index contributed by atoms with van der Waals surface area (Å²) in [5, 5.41) is 10.0. The average molecular weight is 381 g/mol. The lowest BCUT2D eigenvalue weighted by molar-refractivity contribution is 0.0531. The molecule has 0 bridgehead atoms. The number of aryl methyl sites for hydroxylation is 1. The second kappa shape index (κ2) is 9.40. The number of thiazole rings is 1. The van der Waals surface area contributed by atoms with E-state index in [0.717, 1.165) is 5.56 Å². The highest BCUT2D eigenvalue weighted by Crippen LogP contribution is 2.31. The molecule has 0 radical (unpaired) electrons. The van der Waals surface area contributed by atoms with Gasteiger partial charge in [0.15, 0.2) is 0 Å². The molecule has 0 amide bonds. The summed E-state index contributed by atoms with van der Waals surface area (Å²) in [6, 6.07) is 7.52. The molecule has 1 heterocycles. The van der Waals surface area contributed by atoms with Crippen molar-refractivity contribution in [1.29, 1.82) is 5.26 Å². The molecule has 1 aromatic heterocycles. The molecule has 0 N–H and O–H groups in total. The maximum atomic E-state index is 11.9. The second-order valence-corrected chi connectivity index (χ2v) is 6.68. The van der Waals surface area contributed by atoms with E-state index in [1.165, 1.54) is 11.3 Å². The van der Waals surface area contributed by atoms with Crippen LogP contribution < -0.4 is 4.74 Å². The molecule has 0 aliphatic heterocycles. The minimum absolute atomic E-state index is 0. The van der Waals surface area contributed by atoms with Crippen LogP contribution in [0.5, 0.6) is 5.75 Å². The summed E-state index contributed by atoms with van der Waals surface area (Å²) in [6.07, 6.45) is 0. The van der Waals surface area contributed by atoms with Crippen LogP contribution in [0.1, 0.15) is 41.7 Å². The Kier molecular flexibility index (Phi) is 7.88. The van der Waals surface area contributed by atoms with E-state index >= 15 is 0 Å². The smallest absolute Gasteiger partial charge is 0.350 e. The zero-order valence-electron chi connectivity index (χ0n) is 14.7. The van der Waals surface area contributed by atoms with Crippen molar-refractivity contribution in [2.24, 2.45) is 5.92 Å². The molecule has 0 aliphatic rings. The maximum absolute atomic E-state index is 11.9. The van der Waals surface area contributed by atoms with Crippen LogP contribution >= 0.6 is 23.7 Å². The molecule has 134 valence electrons. The van der Waals surface area contributed by atoms with E-state index in [4.69, 9.17) is 9.47 Å². The van der Waals surface area contributed by atoms with Crippen LogP contribution in [0.4, 0.5) is 0 Å². The number of ether oxygens (including phenoxy) is 2. The normalized spacial score (nSPS) is 10.1. The van der Waals surface area contributed by atoms with E-state index < -0.39 is 0 Å². The minimum Gasteiger partial charge on any atom is -0.492 e. The SMILES string of the molecule is CCOC(=O)c1sc(-c2ccc(OCC(C)C)c(C#N)c2)nc1C.Cl. The molecule has 25 heavy (non-hydrogen) atoms. The van der Waals surface area contributed by atoms with Gasteiger partial charge in [0.1, 0.15) is 21.7 Å². The number of nitrogens with zero attached hydrogens (tertiary/aromatic N) is 2. The highest BCUT2D eigenvalue weighted by Gasteiger charge is 2.18. The highest BCUT2D eigenvalue weighted by molar-refractivity contribution is 7.17. The average Bonchev–Trinajstić information content (AvgIpc) is 2.94. The molecule has 7 heteroatoms. The Hall–Kier alpha value is -2.10. The Morgan fingerprint density at radius 3 is 2.72 bits per heavy atom. The van der Waals surface area contributed by atoms with Crippen molar-refractivity contribution >= 4 is 29.7 Å². The molecule has 5 nitrogen and oxygen atoms in total. The largest absolute Gasteiger partial charge is 0.492 e. The third kappa shape index (κ3) is 5.18. The monoisotopic (exact) mass is 380 g/mol. The first-order valence-electron chi connectivity index (χ1n) is 7.78. The standard InChI is InChI=1S/C18H20N2O3S.ClH/c1-5-22-18(21)16-12(4)20-17(24-16)13-6-7-15(14(8-13)9-19)23-10-11(2)3;/h6-8,11H,5,10H2,1-4H3;1H. The van der Waals surface area contributed by atoms with Gasteiger partial charge >= 0.3 is 5.97 Å². The first-order valence-corrected chi connectivity index (χ1v) is 8.59. The fourth-order valence-corrected chi connectivity index (χ4v) is 2.99. The van der Waals surface area contributed by atoms with Crippen LogP contribution in [-0.2, 0) is 4.74 Å². The van der Waals surface area contributed by atoms with E-state index in [0.29, 0.717) is 46.0 Å². The molecule has 0 saturated carbocycles. The van der Waals surface area contributed by atoms with Gasteiger partial charge in [-0.1, -0.05) is 13.8 Å². The Balaban J connectivity index is 0.00000312. The molecule has 2 rings (SSSR count). The third-order valence-electron chi connectivity index (χ3n) is 3.18. The fourth-order valence-electron chi connectivity index (χ4n) is 2.04. The van der Waals surface area contributed by atoms with Crippen molar-refractivity contribution in [3.05, 3.63) is 34.3 Å². The summed E-state index contributed by atoms with van der Waals surface area (Å²) in [7, 11) is 0. The minimum atomic E-state index is -0.365. The van der Waals surface area contributed by atoms with Gasteiger partial charge < -0.3 is 9.47 Å². The summed E-state index contributed by atoms with van der Waals surface area (Å²) in [6.45, 7) is 8.52. The summed E-state index contributed by atoms with van der Waals surface area (Å²) in [5.41, 5.74) is 1.87. The molecular weight excluding hydrogens is 360 g/mol. The van der Waals surface area contributed by atoms with Gasteiger partial charge in [0.25, 0.3) is 0 Å². The zero-order chi connectivity index (χ0) is 17.7. The quantitative estimate of drug-likeness (QED) is 0.683. The number of rotatable bonds is 6. The van der Waals surface area contributed by atoms with E-state index in [-0.39, 0.29) is 18.4 Å². The van der Waals surface area contributed by atoms with Crippen LogP contribution in [0.15, 0.2) is 18.2 Å². The van der Waals surface area contributed by atoms with Gasteiger partial charge in [-0.3, -0.25) is 0 Å². The van der Waals surface area contributed by atoms with E-state index in [2.05, 4.69) is 24.9 Å². The predicted octanol–water partition coefficient (Wildman–Crippen LogP) is 4.62. The van der Waals surface area contributed by atoms with Crippen LogP contribution in [0.25, 0.3) is 10.6 Å². The van der Waals surface area contributed by atoms with Crippen molar-refractivity contribution in [3.63, 3.8) is 0 Å². The number of hydrogen-bond acceptors (Lipinski definition) is 6. The van der Waals surface area contributed by atoms with Crippen molar-refractivity contribution in [1.82, 2.24) is 4.98 Å². The molecule has 0 aliphatic carbocycles. The summed E-state index contributed by atoms with van der Waals surface area (Å²) >= 11 is 1.27. The number of carbonyl (C=O) groups excluding carboxylic acids is 1. The van der Waals surface area contributed by atoms with Gasteiger partial charge in [0.2, 0.25) is 0 Å².